The highest BCUT2D eigenvalue weighted by atomic mass is 16.5. The fourth-order valence-electron chi connectivity index (χ4n) is 3.63. The minimum absolute atomic E-state index is 0.476. The largest absolute Gasteiger partial charge is 0.378 e. The van der Waals surface area contributed by atoms with Crippen molar-refractivity contribution in [2.45, 2.75) is 5.60 Å². The summed E-state index contributed by atoms with van der Waals surface area (Å²) in [4.78, 5) is 15.3. The Morgan fingerprint density at radius 1 is 0.903 bits per heavy atom. The normalized spacial score (nSPS) is 14.5. The van der Waals surface area contributed by atoms with E-state index < -0.39 is 11.5 Å². The molecule has 0 aliphatic carbocycles. The van der Waals surface area contributed by atoms with Crippen LogP contribution >= 0.6 is 0 Å². The first-order valence-corrected chi connectivity index (χ1v) is 10.3. The number of carbonyl (C=O) groups excluding carboxylic acids is 1. The van der Waals surface area contributed by atoms with Crippen molar-refractivity contribution in [2.75, 3.05) is 31.2 Å². The molecule has 1 aliphatic heterocycles. The van der Waals surface area contributed by atoms with Crippen molar-refractivity contribution in [2.24, 2.45) is 5.10 Å². The third-order valence-electron chi connectivity index (χ3n) is 5.36. The molecule has 1 saturated heterocycles. The zero-order valence-corrected chi connectivity index (χ0v) is 17.1. The number of rotatable bonds is 6. The number of benzene rings is 3. The van der Waals surface area contributed by atoms with E-state index in [9.17, 15) is 9.90 Å². The molecule has 0 spiro atoms. The zero-order chi connectivity index (χ0) is 21.5. The fraction of sp³-hybridized carbons (Fsp3) is 0.200. The lowest BCUT2D eigenvalue weighted by molar-refractivity contribution is -0.136. The summed E-state index contributed by atoms with van der Waals surface area (Å²) in [5.41, 5.74) is 3.58. The van der Waals surface area contributed by atoms with Gasteiger partial charge in [0.15, 0.2) is 5.60 Å². The van der Waals surface area contributed by atoms with Gasteiger partial charge < -0.3 is 14.7 Å². The van der Waals surface area contributed by atoms with Gasteiger partial charge in [0.05, 0.1) is 19.4 Å². The molecule has 0 unspecified atom stereocenters. The highest BCUT2D eigenvalue weighted by Crippen LogP contribution is 2.29. The van der Waals surface area contributed by atoms with Crippen LogP contribution in [-0.2, 0) is 15.1 Å². The van der Waals surface area contributed by atoms with Crippen LogP contribution in [0.4, 0.5) is 5.69 Å². The fourth-order valence-corrected chi connectivity index (χ4v) is 3.63. The Kier molecular flexibility index (Phi) is 6.40. The molecule has 0 radical (unpaired) electrons. The predicted molar refractivity (Wildman–Crippen MR) is 121 cm³/mol. The summed E-state index contributed by atoms with van der Waals surface area (Å²) in [6.45, 7) is 3.23. The van der Waals surface area contributed by atoms with E-state index in [0.717, 1.165) is 37.6 Å². The van der Waals surface area contributed by atoms with Crippen LogP contribution in [0, 0.1) is 0 Å². The van der Waals surface area contributed by atoms with E-state index in [0.29, 0.717) is 11.1 Å². The van der Waals surface area contributed by atoms with Crippen molar-refractivity contribution >= 4 is 17.8 Å². The molecular formula is C25H25N3O3. The first-order valence-electron chi connectivity index (χ1n) is 10.3. The third kappa shape index (κ3) is 4.66. The quantitative estimate of drug-likeness (QED) is 0.480. The molecule has 1 amide bonds. The highest BCUT2D eigenvalue weighted by Gasteiger charge is 2.39. The van der Waals surface area contributed by atoms with E-state index in [1.165, 1.54) is 0 Å². The summed E-state index contributed by atoms with van der Waals surface area (Å²) in [6, 6.07) is 25.7. The molecule has 6 nitrogen and oxygen atoms in total. The van der Waals surface area contributed by atoms with Gasteiger partial charge in [-0.05, 0) is 28.8 Å². The van der Waals surface area contributed by atoms with Crippen LogP contribution in [0.25, 0.3) is 0 Å². The van der Waals surface area contributed by atoms with E-state index >= 15 is 0 Å². The van der Waals surface area contributed by atoms with Gasteiger partial charge in [-0.3, -0.25) is 4.79 Å². The van der Waals surface area contributed by atoms with E-state index in [1.54, 1.807) is 54.7 Å². The van der Waals surface area contributed by atoms with Crippen molar-refractivity contribution in [3.63, 3.8) is 0 Å². The molecule has 0 atom stereocenters. The maximum atomic E-state index is 13.0. The minimum atomic E-state index is -1.85. The number of hydrazone groups is 1. The van der Waals surface area contributed by atoms with Gasteiger partial charge in [0, 0.05) is 18.8 Å². The van der Waals surface area contributed by atoms with Crippen molar-refractivity contribution < 1.29 is 14.6 Å². The van der Waals surface area contributed by atoms with Crippen LogP contribution in [0.2, 0.25) is 0 Å². The topological polar surface area (TPSA) is 74.2 Å². The molecule has 0 aromatic heterocycles. The van der Waals surface area contributed by atoms with Gasteiger partial charge >= 0.3 is 0 Å². The second kappa shape index (κ2) is 9.55. The van der Waals surface area contributed by atoms with Crippen molar-refractivity contribution in [1.82, 2.24) is 5.43 Å². The molecule has 31 heavy (non-hydrogen) atoms. The molecule has 1 aliphatic rings. The number of morpholine rings is 1. The molecule has 6 heteroatoms. The van der Waals surface area contributed by atoms with E-state index in [4.69, 9.17) is 4.74 Å². The number of amides is 1. The van der Waals surface area contributed by atoms with Gasteiger partial charge in [-0.25, -0.2) is 5.43 Å². The van der Waals surface area contributed by atoms with Crippen LogP contribution in [0.3, 0.4) is 0 Å². The van der Waals surface area contributed by atoms with Crippen LogP contribution in [0.15, 0.2) is 90.0 Å². The second-order valence-corrected chi connectivity index (χ2v) is 7.33. The molecule has 158 valence electrons. The molecule has 0 saturated carbocycles. The van der Waals surface area contributed by atoms with Crippen LogP contribution in [0.5, 0.6) is 0 Å². The van der Waals surface area contributed by atoms with Crippen molar-refractivity contribution in [1.29, 1.82) is 0 Å². The standard InChI is InChI=1S/C25H25N3O3/c29-24(25(30,21-7-3-1-4-8-21)22-9-5-2-6-10-22)27-26-19-20-11-13-23(14-12-20)28-15-17-31-18-16-28/h1-14,19,30H,15-18H2,(H,27,29)/b26-19-. The van der Waals surface area contributed by atoms with Gasteiger partial charge in [-0.2, -0.15) is 5.10 Å². The Bertz CT molecular complexity index is 975. The number of hydrogen-bond donors (Lipinski definition) is 2. The van der Waals surface area contributed by atoms with E-state index in [1.807, 2.05) is 36.4 Å². The molecule has 3 aromatic carbocycles. The second-order valence-electron chi connectivity index (χ2n) is 7.33. The number of nitrogens with zero attached hydrogens (tertiary/aromatic N) is 2. The lowest BCUT2D eigenvalue weighted by Crippen LogP contribution is -2.43. The molecule has 1 fully saturated rings. The Morgan fingerprint density at radius 2 is 1.45 bits per heavy atom. The van der Waals surface area contributed by atoms with Gasteiger partial charge in [0.2, 0.25) is 0 Å². The summed E-state index contributed by atoms with van der Waals surface area (Å²) in [5, 5.41) is 15.5. The summed E-state index contributed by atoms with van der Waals surface area (Å²) < 4.78 is 5.39. The van der Waals surface area contributed by atoms with Gasteiger partial charge in [0.1, 0.15) is 0 Å². The first kappa shape index (κ1) is 20.8. The average Bonchev–Trinajstić information content (AvgIpc) is 2.85. The predicted octanol–water partition coefficient (Wildman–Crippen LogP) is 2.91. The van der Waals surface area contributed by atoms with Crippen LogP contribution in [0.1, 0.15) is 16.7 Å². The molecule has 1 heterocycles. The number of ether oxygens (including phenoxy) is 1. The smallest absolute Gasteiger partial charge is 0.281 e. The summed E-state index contributed by atoms with van der Waals surface area (Å²) in [5.74, 6) is -0.619. The zero-order valence-electron chi connectivity index (χ0n) is 17.1. The third-order valence-corrected chi connectivity index (χ3v) is 5.36. The Balaban J connectivity index is 1.48. The molecule has 4 rings (SSSR count). The van der Waals surface area contributed by atoms with Gasteiger partial charge in [-0.15, -0.1) is 0 Å². The molecule has 3 aromatic rings. The van der Waals surface area contributed by atoms with Crippen molar-refractivity contribution in [3.05, 3.63) is 102 Å². The van der Waals surface area contributed by atoms with E-state index in [2.05, 4.69) is 15.4 Å². The van der Waals surface area contributed by atoms with Gasteiger partial charge in [-0.1, -0.05) is 72.8 Å². The SMILES string of the molecule is O=C(N/N=C\c1ccc(N2CCOCC2)cc1)C(O)(c1ccccc1)c1ccccc1. The number of hydrogen-bond acceptors (Lipinski definition) is 5. The number of carbonyl (C=O) groups is 1. The Labute approximate surface area is 181 Å². The number of anilines is 1. The lowest BCUT2D eigenvalue weighted by Gasteiger charge is -2.28. The summed E-state index contributed by atoms with van der Waals surface area (Å²) in [6.07, 6.45) is 1.57. The van der Waals surface area contributed by atoms with Crippen molar-refractivity contribution in [3.8, 4) is 0 Å². The Hall–Kier alpha value is -3.48. The average molecular weight is 415 g/mol. The lowest BCUT2D eigenvalue weighted by atomic mass is 9.85. The molecule has 0 bridgehead atoms. The monoisotopic (exact) mass is 415 g/mol. The summed E-state index contributed by atoms with van der Waals surface area (Å²) in [7, 11) is 0. The minimum Gasteiger partial charge on any atom is -0.378 e. The molecular weight excluding hydrogens is 390 g/mol. The van der Waals surface area contributed by atoms with Gasteiger partial charge in [0.25, 0.3) is 5.91 Å². The number of aliphatic hydroxyl groups is 1. The highest BCUT2D eigenvalue weighted by molar-refractivity contribution is 5.91. The van der Waals surface area contributed by atoms with E-state index in [-0.39, 0.29) is 0 Å². The Morgan fingerprint density at radius 3 is 2.00 bits per heavy atom. The summed E-state index contributed by atoms with van der Waals surface area (Å²) >= 11 is 0. The maximum absolute atomic E-state index is 13.0. The van der Waals surface area contributed by atoms with Crippen LogP contribution < -0.4 is 10.3 Å². The maximum Gasteiger partial charge on any atom is 0.281 e. The molecule has 2 N–H and O–H groups in total. The number of nitrogens with one attached hydrogen (secondary N) is 1. The first-order chi connectivity index (χ1) is 15.2. The van der Waals surface area contributed by atoms with Crippen LogP contribution in [-0.4, -0.2) is 43.5 Å².